The smallest absolute Gasteiger partial charge is 0.236 e. The molecule has 4 rings (SSSR count). The fourth-order valence-electron chi connectivity index (χ4n) is 2.32. The molecule has 0 spiro atoms. The van der Waals surface area contributed by atoms with Gasteiger partial charge in [-0.25, -0.2) is 9.97 Å². The number of para-hydroxylation sites is 1. The minimum absolute atomic E-state index is 0.102. The van der Waals surface area contributed by atoms with Gasteiger partial charge in [-0.05, 0) is 18.2 Å². The minimum atomic E-state index is -0.102. The van der Waals surface area contributed by atoms with Gasteiger partial charge in [0.05, 0.1) is 21.7 Å². The zero-order valence-electron chi connectivity index (χ0n) is 13.3. The number of carbonyl (C=O) groups is 1. The lowest BCUT2D eigenvalue weighted by atomic mass is 10.2. The number of anilines is 1. The maximum absolute atomic E-state index is 12.2. The van der Waals surface area contributed by atoms with Gasteiger partial charge < -0.3 is 5.32 Å². The molecule has 0 aliphatic carbocycles. The van der Waals surface area contributed by atoms with Crippen LogP contribution in [0.3, 0.4) is 0 Å². The Balaban J connectivity index is 1.38. The number of hydrogen-bond acceptors (Lipinski definition) is 6. The molecule has 1 amide bonds. The predicted octanol–water partition coefficient (Wildman–Crippen LogP) is 5.80. The first-order valence-electron chi connectivity index (χ1n) is 7.68. The summed E-state index contributed by atoms with van der Waals surface area (Å²) in [7, 11) is 0. The summed E-state index contributed by atoms with van der Waals surface area (Å²) in [5, 5.41) is 5.93. The van der Waals surface area contributed by atoms with E-state index in [1.165, 1.54) is 23.1 Å². The van der Waals surface area contributed by atoms with Gasteiger partial charge in [-0.1, -0.05) is 53.7 Å². The molecule has 0 aliphatic rings. The number of thiazole rings is 2. The van der Waals surface area contributed by atoms with Crippen LogP contribution in [0, 0.1) is 0 Å². The molecule has 2 heterocycles. The third kappa shape index (κ3) is 3.91. The van der Waals surface area contributed by atoms with E-state index in [9.17, 15) is 4.79 Å². The molecule has 0 aliphatic heterocycles. The molecule has 4 nitrogen and oxygen atoms in total. The van der Waals surface area contributed by atoms with Crippen molar-refractivity contribution < 1.29 is 4.79 Å². The quantitative estimate of drug-likeness (QED) is 0.416. The zero-order valence-corrected chi connectivity index (χ0v) is 16.5. The molecular formula is C18H12ClN3OS3. The summed E-state index contributed by atoms with van der Waals surface area (Å²) in [6, 6.07) is 15.5. The highest BCUT2D eigenvalue weighted by atomic mass is 35.5. The molecule has 8 heteroatoms. The molecule has 4 aromatic rings. The fraction of sp³-hybridized carbons (Fsp3) is 0.0556. The predicted molar refractivity (Wildman–Crippen MR) is 112 cm³/mol. The van der Waals surface area contributed by atoms with Crippen LogP contribution in [0.2, 0.25) is 5.02 Å². The second-order valence-electron chi connectivity index (χ2n) is 5.30. The molecule has 1 N–H and O–H groups in total. The zero-order chi connectivity index (χ0) is 17.9. The Labute approximate surface area is 167 Å². The fourth-order valence-corrected chi connectivity index (χ4v) is 5.15. The van der Waals surface area contributed by atoms with E-state index in [-0.39, 0.29) is 5.91 Å². The summed E-state index contributed by atoms with van der Waals surface area (Å²) in [4.78, 5) is 21.2. The number of amides is 1. The Bertz CT molecular complexity index is 1040. The number of thioether (sulfide) groups is 1. The van der Waals surface area contributed by atoms with Gasteiger partial charge in [-0.2, -0.15) is 0 Å². The third-order valence-corrected chi connectivity index (χ3v) is 6.77. The lowest BCUT2D eigenvalue weighted by molar-refractivity contribution is -0.113. The van der Waals surface area contributed by atoms with Gasteiger partial charge in [-0.3, -0.25) is 4.79 Å². The number of aromatic nitrogens is 2. The monoisotopic (exact) mass is 417 g/mol. The molecule has 0 atom stereocenters. The lowest BCUT2D eigenvalue weighted by Gasteiger charge is -2.01. The number of carbonyl (C=O) groups excluding carboxylic acids is 1. The minimum Gasteiger partial charge on any atom is -0.301 e. The second-order valence-corrected chi connectivity index (χ2v) is 8.82. The molecule has 2 aromatic carbocycles. The van der Waals surface area contributed by atoms with Crippen LogP contribution in [-0.2, 0) is 4.79 Å². The normalized spacial score (nSPS) is 11.0. The van der Waals surface area contributed by atoms with E-state index in [0.717, 1.165) is 25.8 Å². The first kappa shape index (κ1) is 17.5. The maximum Gasteiger partial charge on any atom is 0.236 e. The highest BCUT2D eigenvalue weighted by Gasteiger charge is 2.11. The summed E-state index contributed by atoms with van der Waals surface area (Å²) in [6.07, 6.45) is 0. The summed E-state index contributed by atoms with van der Waals surface area (Å²) in [5.41, 5.74) is 2.58. The second kappa shape index (κ2) is 7.75. The van der Waals surface area contributed by atoms with Crippen LogP contribution in [0.4, 0.5) is 5.13 Å². The van der Waals surface area contributed by atoms with Gasteiger partial charge in [0, 0.05) is 16.0 Å². The van der Waals surface area contributed by atoms with Crippen LogP contribution in [0.25, 0.3) is 21.5 Å². The van der Waals surface area contributed by atoms with E-state index < -0.39 is 0 Å². The van der Waals surface area contributed by atoms with Crippen molar-refractivity contribution >= 4 is 67.3 Å². The molecule has 0 saturated carbocycles. The van der Waals surface area contributed by atoms with Gasteiger partial charge in [-0.15, -0.1) is 22.7 Å². The van der Waals surface area contributed by atoms with E-state index in [1.807, 2.05) is 53.9 Å². The maximum atomic E-state index is 12.2. The molecule has 0 radical (unpaired) electrons. The molecule has 0 saturated heterocycles. The topological polar surface area (TPSA) is 54.9 Å². The van der Waals surface area contributed by atoms with Gasteiger partial charge >= 0.3 is 0 Å². The van der Waals surface area contributed by atoms with Crippen LogP contribution in [0.15, 0.2) is 58.3 Å². The van der Waals surface area contributed by atoms with Gasteiger partial charge in [0.15, 0.2) is 9.47 Å². The first-order valence-corrected chi connectivity index (χ1v) is 10.7. The third-order valence-electron chi connectivity index (χ3n) is 3.50. The van der Waals surface area contributed by atoms with Crippen molar-refractivity contribution in [2.45, 2.75) is 4.34 Å². The average Bonchev–Trinajstić information content (AvgIpc) is 3.27. The van der Waals surface area contributed by atoms with Crippen molar-refractivity contribution in [2.24, 2.45) is 0 Å². The van der Waals surface area contributed by atoms with Gasteiger partial charge in [0.25, 0.3) is 0 Å². The highest BCUT2D eigenvalue weighted by Crippen LogP contribution is 2.31. The Hall–Kier alpha value is -1.93. The number of benzene rings is 2. The van der Waals surface area contributed by atoms with E-state index in [0.29, 0.717) is 15.9 Å². The van der Waals surface area contributed by atoms with E-state index in [2.05, 4.69) is 15.3 Å². The summed E-state index contributed by atoms with van der Waals surface area (Å²) in [6.45, 7) is 0. The highest BCUT2D eigenvalue weighted by molar-refractivity contribution is 8.01. The van der Waals surface area contributed by atoms with Crippen molar-refractivity contribution in [1.29, 1.82) is 0 Å². The Kier molecular flexibility index (Phi) is 5.21. The van der Waals surface area contributed by atoms with Crippen molar-refractivity contribution in [3.63, 3.8) is 0 Å². The first-order chi connectivity index (χ1) is 12.7. The standard InChI is InChI=1S/C18H12ClN3OS3/c19-12-6-2-1-5-11(12)14-9-24-17(20-14)22-16(23)10-25-18-21-13-7-3-4-8-15(13)26-18/h1-9H,10H2,(H,20,22,23). The Morgan fingerprint density at radius 3 is 2.77 bits per heavy atom. The molecule has 2 aromatic heterocycles. The number of fused-ring (bicyclic) bond motifs is 1. The van der Waals surface area contributed by atoms with Crippen LogP contribution in [0.1, 0.15) is 0 Å². The molecule has 0 unspecified atom stereocenters. The summed E-state index contributed by atoms with van der Waals surface area (Å²) >= 11 is 10.6. The summed E-state index contributed by atoms with van der Waals surface area (Å²) in [5.74, 6) is 0.190. The Morgan fingerprint density at radius 2 is 1.92 bits per heavy atom. The van der Waals surface area contributed by atoms with Crippen LogP contribution in [-0.4, -0.2) is 21.6 Å². The lowest BCUT2D eigenvalue weighted by Crippen LogP contribution is -2.13. The van der Waals surface area contributed by atoms with Crippen LogP contribution in [0.5, 0.6) is 0 Å². The average molecular weight is 418 g/mol. The molecular weight excluding hydrogens is 406 g/mol. The number of halogens is 1. The van der Waals surface area contributed by atoms with E-state index in [4.69, 9.17) is 11.6 Å². The molecule has 0 fully saturated rings. The van der Waals surface area contributed by atoms with Crippen molar-refractivity contribution in [1.82, 2.24) is 9.97 Å². The largest absolute Gasteiger partial charge is 0.301 e. The molecule has 26 heavy (non-hydrogen) atoms. The van der Waals surface area contributed by atoms with Gasteiger partial charge in [0.2, 0.25) is 5.91 Å². The van der Waals surface area contributed by atoms with Crippen molar-refractivity contribution in [3.05, 3.63) is 58.9 Å². The van der Waals surface area contributed by atoms with Crippen molar-refractivity contribution in [2.75, 3.05) is 11.1 Å². The van der Waals surface area contributed by atoms with Crippen LogP contribution < -0.4 is 5.32 Å². The SMILES string of the molecule is O=C(CSc1nc2ccccc2s1)Nc1nc(-c2ccccc2Cl)cs1. The number of nitrogens with zero attached hydrogens (tertiary/aromatic N) is 2. The number of hydrogen-bond donors (Lipinski definition) is 1. The van der Waals surface area contributed by atoms with Gasteiger partial charge in [0.1, 0.15) is 0 Å². The number of rotatable bonds is 5. The molecule has 0 bridgehead atoms. The number of nitrogens with one attached hydrogen (secondary N) is 1. The Morgan fingerprint density at radius 1 is 1.12 bits per heavy atom. The molecule has 130 valence electrons. The van der Waals surface area contributed by atoms with E-state index in [1.54, 1.807) is 11.3 Å². The summed E-state index contributed by atoms with van der Waals surface area (Å²) < 4.78 is 2.01. The van der Waals surface area contributed by atoms with Crippen LogP contribution >= 0.6 is 46.0 Å². The van der Waals surface area contributed by atoms with Crippen molar-refractivity contribution in [3.8, 4) is 11.3 Å². The van der Waals surface area contributed by atoms with E-state index >= 15 is 0 Å².